The van der Waals surface area contributed by atoms with Crippen LogP contribution in [0.1, 0.15) is 27.2 Å². The first kappa shape index (κ1) is 10.7. The van der Waals surface area contributed by atoms with Crippen LogP contribution in [-0.4, -0.2) is 25.8 Å². The summed E-state index contributed by atoms with van der Waals surface area (Å²) in [6.07, 6.45) is 3.76. The molecule has 0 radical (unpaired) electrons. The molecule has 0 amide bonds. The summed E-state index contributed by atoms with van der Waals surface area (Å²) >= 11 is 0. The van der Waals surface area contributed by atoms with E-state index in [1.54, 1.807) is 0 Å². The number of rotatable bonds is 4. The van der Waals surface area contributed by atoms with Crippen LogP contribution in [0.4, 0.5) is 0 Å². The Labute approximate surface area is 81.4 Å². The van der Waals surface area contributed by atoms with Gasteiger partial charge in [-0.3, -0.25) is 0 Å². The van der Waals surface area contributed by atoms with Crippen LogP contribution in [0.15, 0.2) is 11.6 Å². The van der Waals surface area contributed by atoms with Gasteiger partial charge in [-0.2, -0.15) is 0 Å². The van der Waals surface area contributed by atoms with E-state index in [1.807, 2.05) is 0 Å². The van der Waals surface area contributed by atoms with Gasteiger partial charge < -0.3 is 10.1 Å². The molecule has 0 aromatic heterocycles. The zero-order valence-electron chi connectivity index (χ0n) is 8.97. The lowest BCUT2D eigenvalue weighted by atomic mass is 10.1. The Hall–Kier alpha value is -0.340. The first-order valence-corrected chi connectivity index (χ1v) is 5.20. The molecule has 2 nitrogen and oxygen atoms in total. The third-order valence-electron chi connectivity index (χ3n) is 2.63. The summed E-state index contributed by atoms with van der Waals surface area (Å²) in [7, 11) is 0. The van der Waals surface area contributed by atoms with Crippen molar-refractivity contribution in [3.63, 3.8) is 0 Å². The Morgan fingerprint density at radius 1 is 1.46 bits per heavy atom. The molecule has 1 N–H and O–H groups in total. The van der Waals surface area contributed by atoms with Crippen molar-refractivity contribution in [3.05, 3.63) is 11.6 Å². The van der Waals surface area contributed by atoms with Gasteiger partial charge in [0.15, 0.2) is 0 Å². The molecule has 1 atom stereocenters. The van der Waals surface area contributed by atoms with Crippen LogP contribution in [-0.2, 0) is 4.74 Å². The van der Waals surface area contributed by atoms with E-state index in [0.717, 1.165) is 26.1 Å². The second kappa shape index (κ2) is 5.40. The van der Waals surface area contributed by atoms with Crippen molar-refractivity contribution < 1.29 is 4.74 Å². The first-order valence-electron chi connectivity index (χ1n) is 5.20. The Kier molecular flexibility index (Phi) is 4.46. The lowest BCUT2D eigenvalue weighted by molar-refractivity contribution is 0.0489. The van der Waals surface area contributed by atoms with E-state index < -0.39 is 0 Å². The molecule has 76 valence electrons. The second-order valence-corrected chi connectivity index (χ2v) is 4.08. The monoisotopic (exact) mass is 183 g/mol. The average Bonchev–Trinajstić information content (AvgIpc) is 2.15. The normalized spacial score (nSPS) is 20.2. The zero-order valence-corrected chi connectivity index (χ0v) is 8.97. The maximum absolute atomic E-state index is 5.75. The van der Waals surface area contributed by atoms with Crippen molar-refractivity contribution in [2.24, 2.45) is 5.92 Å². The highest BCUT2D eigenvalue weighted by atomic mass is 16.5. The van der Waals surface area contributed by atoms with Crippen LogP contribution in [0.25, 0.3) is 0 Å². The molecule has 0 fully saturated rings. The van der Waals surface area contributed by atoms with Crippen molar-refractivity contribution in [3.8, 4) is 0 Å². The van der Waals surface area contributed by atoms with Crippen molar-refractivity contribution in [2.75, 3.05) is 19.7 Å². The average molecular weight is 183 g/mol. The first-order chi connectivity index (χ1) is 6.20. The molecule has 1 aliphatic rings. The number of hydrogen-bond acceptors (Lipinski definition) is 2. The molecular formula is C11H21NO. The van der Waals surface area contributed by atoms with Gasteiger partial charge in [0.05, 0.1) is 12.7 Å². The van der Waals surface area contributed by atoms with Crippen molar-refractivity contribution in [2.45, 2.75) is 33.3 Å². The Morgan fingerprint density at radius 3 is 2.77 bits per heavy atom. The largest absolute Gasteiger partial charge is 0.374 e. The van der Waals surface area contributed by atoms with Crippen LogP contribution in [0.2, 0.25) is 0 Å². The molecule has 0 saturated heterocycles. The highest BCUT2D eigenvalue weighted by Gasteiger charge is 2.09. The molecule has 2 heteroatoms. The molecule has 0 aliphatic carbocycles. The summed E-state index contributed by atoms with van der Waals surface area (Å²) in [6.45, 7) is 9.47. The van der Waals surface area contributed by atoms with Gasteiger partial charge in [0.25, 0.3) is 0 Å². The predicted molar refractivity (Wildman–Crippen MR) is 55.8 cm³/mol. The fourth-order valence-electron chi connectivity index (χ4n) is 1.23. The minimum absolute atomic E-state index is 0.371. The third kappa shape index (κ3) is 3.92. The van der Waals surface area contributed by atoms with Gasteiger partial charge in [0.1, 0.15) is 0 Å². The van der Waals surface area contributed by atoms with Crippen molar-refractivity contribution in [1.82, 2.24) is 5.32 Å². The van der Waals surface area contributed by atoms with E-state index in [4.69, 9.17) is 4.74 Å². The van der Waals surface area contributed by atoms with Gasteiger partial charge in [-0.1, -0.05) is 19.9 Å². The summed E-state index contributed by atoms with van der Waals surface area (Å²) in [5.41, 5.74) is 1.45. The minimum Gasteiger partial charge on any atom is -0.374 e. The molecule has 0 spiro atoms. The van der Waals surface area contributed by atoms with Gasteiger partial charge in [-0.05, 0) is 31.4 Å². The molecule has 1 rings (SSSR count). The van der Waals surface area contributed by atoms with Crippen LogP contribution >= 0.6 is 0 Å². The van der Waals surface area contributed by atoms with E-state index in [2.05, 4.69) is 32.2 Å². The Balaban J connectivity index is 2.21. The van der Waals surface area contributed by atoms with Crippen LogP contribution in [0, 0.1) is 5.92 Å². The Morgan fingerprint density at radius 2 is 2.23 bits per heavy atom. The Bertz CT molecular complexity index is 175. The maximum atomic E-state index is 5.75. The van der Waals surface area contributed by atoms with Gasteiger partial charge in [-0.25, -0.2) is 0 Å². The number of hydrogen-bond donors (Lipinski definition) is 1. The molecular weight excluding hydrogens is 162 g/mol. The summed E-state index contributed by atoms with van der Waals surface area (Å²) in [4.78, 5) is 0. The third-order valence-corrected chi connectivity index (χ3v) is 2.63. The van der Waals surface area contributed by atoms with E-state index >= 15 is 0 Å². The maximum Gasteiger partial charge on any atom is 0.0681 e. The molecule has 1 unspecified atom stereocenters. The summed E-state index contributed by atoms with van der Waals surface area (Å²) in [5, 5.41) is 3.29. The molecule has 0 aromatic rings. The molecule has 0 aromatic carbocycles. The van der Waals surface area contributed by atoms with E-state index in [0.29, 0.717) is 12.0 Å². The SMILES string of the molecule is CC(C)C(C)OCC1=CCNCC1. The smallest absolute Gasteiger partial charge is 0.0681 e. The minimum atomic E-state index is 0.371. The van der Waals surface area contributed by atoms with Gasteiger partial charge in [0, 0.05) is 6.54 Å². The van der Waals surface area contributed by atoms with E-state index in [1.165, 1.54) is 5.57 Å². The van der Waals surface area contributed by atoms with E-state index in [-0.39, 0.29) is 0 Å². The van der Waals surface area contributed by atoms with Crippen molar-refractivity contribution >= 4 is 0 Å². The van der Waals surface area contributed by atoms with E-state index in [9.17, 15) is 0 Å². The highest BCUT2D eigenvalue weighted by Crippen LogP contribution is 2.10. The lowest BCUT2D eigenvalue weighted by Crippen LogP contribution is -2.24. The lowest BCUT2D eigenvalue weighted by Gasteiger charge is -2.19. The summed E-state index contributed by atoms with van der Waals surface area (Å²) in [5.74, 6) is 0.613. The van der Waals surface area contributed by atoms with Gasteiger partial charge in [0.2, 0.25) is 0 Å². The molecule has 13 heavy (non-hydrogen) atoms. The van der Waals surface area contributed by atoms with Crippen LogP contribution < -0.4 is 5.32 Å². The quantitative estimate of drug-likeness (QED) is 0.673. The summed E-state index contributed by atoms with van der Waals surface area (Å²) < 4.78 is 5.75. The van der Waals surface area contributed by atoms with Gasteiger partial charge in [-0.15, -0.1) is 0 Å². The molecule has 0 saturated carbocycles. The van der Waals surface area contributed by atoms with Crippen molar-refractivity contribution in [1.29, 1.82) is 0 Å². The molecule has 1 heterocycles. The zero-order chi connectivity index (χ0) is 9.68. The fourth-order valence-corrected chi connectivity index (χ4v) is 1.23. The molecule has 0 bridgehead atoms. The number of ether oxygens (including phenoxy) is 1. The predicted octanol–water partition coefficient (Wildman–Crippen LogP) is 1.97. The van der Waals surface area contributed by atoms with Gasteiger partial charge >= 0.3 is 0 Å². The molecule has 1 aliphatic heterocycles. The number of nitrogens with one attached hydrogen (secondary N) is 1. The summed E-state index contributed by atoms with van der Waals surface area (Å²) in [6, 6.07) is 0. The topological polar surface area (TPSA) is 21.3 Å². The van der Waals surface area contributed by atoms with Crippen LogP contribution in [0.5, 0.6) is 0 Å². The second-order valence-electron chi connectivity index (χ2n) is 4.08. The van der Waals surface area contributed by atoms with Crippen LogP contribution in [0.3, 0.4) is 0 Å². The fraction of sp³-hybridized carbons (Fsp3) is 0.818. The highest BCUT2D eigenvalue weighted by molar-refractivity contribution is 5.07. The standard InChI is InChI=1S/C11H21NO/c1-9(2)10(3)13-8-11-4-6-12-7-5-11/h4,9-10,12H,5-8H2,1-3H3.